The van der Waals surface area contributed by atoms with E-state index in [1.807, 2.05) is 0 Å². The molecule has 1 aliphatic rings. The third-order valence-electron chi connectivity index (χ3n) is 4.17. The van der Waals surface area contributed by atoms with Crippen LogP contribution in [0.25, 0.3) is 10.8 Å². The number of rotatable bonds is 3. The summed E-state index contributed by atoms with van der Waals surface area (Å²) in [6.45, 7) is 5.16. The first-order valence-electron chi connectivity index (χ1n) is 8.58. The quantitative estimate of drug-likeness (QED) is 0.885. The highest BCUT2D eigenvalue weighted by Crippen LogP contribution is 2.29. The summed E-state index contributed by atoms with van der Waals surface area (Å²) < 4.78 is 25.1. The smallest absolute Gasteiger partial charge is 0.411 e. The average Bonchev–Trinajstić information content (AvgIpc) is 2.99. The number of pyridine rings is 1. The van der Waals surface area contributed by atoms with E-state index in [0.717, 1.165) is 4.90 Å². The van der Waals surface area contributed by atoms with Crippen molar-refractivity contribution in [1.82, 2.24) is 9.88 Å². The summed E-state index contributed by atoms with van der Waals surface area (Å²) in [7, 11) is 0. The maximum Gasteiger partial charge on any atom is 0.411 e. The highest BCUT2D eigenvalue weighted by Gasteiger charge is 2.43. The Hall–Kier alpha value is -2.90. The molecule has 7 nitrogen and oxygen atoms in total. The summed E-state index contributed by atoms with van der Waals surface area (Å²) in [6.07, 6.45) is 0.204. The molecule has 0 spiro atoms. The Balaban J connectivity index is 1.82. The number of nitrogens with zero attached hydrogens (tertiary/aromatic N) is 2. The molecule has 1 aliphatic heterocycles. The Kier molecular flexibility index (Phi) is 4.91. The van der Waals surface area contributed by atoms with Gasteiger partial charge in [0.15, 0.2) is 0 Å². The molecule has 1 aromatic carbocycles. The molecule has 2 heterocycles. The highest BCUT2D eigenvalue weighted by molar-refractivity contribution is 5.87. The van der Waals surface area contributed by atoms with Gasteiger partial charge in [0.2, 0.25) is 5.88 Å². The number of aliphatic carboxylic acids is 1. The van der Waals surface area contributed by atoms with Gasteiger partial charge in [0.1, 0.15) is 23.6 Å². The van der Waals surface area contributed by atoms with Crippen LogP contribution in [0.15, 0.2) is 30.5 Å². The Labute approximate surface area is 155 Å². The molecule has 1 N–H and O–H groups in total. The Morgan fingerprint density at radius 2 is 2.00 bits per heavy atom. The molecule has 0 saturated carbocycles. The van der Waals surface area contributed by atoms with Crippen LogP contribution in [-0.4, -0.2) is 51.3 Å². The van der Waals surface area contributed by atoms with E-state index >= 15 is 0 Å². The lowest BCUT2D eigenvalue weighted by Crippen LogP contribution is -2.43. The lowest BCUT2D eigenvalue weighted by Gasteiger charge is -2.26. The molecule has 0 bridgehead atoms. The van der Waals surface area contributed by atoms with Gasteiger partial charge in [-0.25, -0.2) is 19.0 Å². The van der Waals surface area contributed by atoms with Crippen molar-refractivity contribution in [1.29, 1.82) is 0 Å². The number of amides is 1. The topological polar surface area (TPSA) is 89.0 Å². The van der Waals surface area contributed by atoms with Crippen molar-refractivity contribution in [3.8, 4) is 5.88 Å². The Morgan fingerprint density at radius 1 is 1.26 bits per heavy atom. The molecule has 1 amide bonds. The van der Waals surface area contributed by atoms with Crippen LogP contribution in [0.3, 0.4) is 0 Å². The first kappa shape index (κ1) is 18.9. The molecule has 0 aliphatic carbocycles. The van der Waals surface area contributed by atoms with Gasteiger partial charge in [-0.05, 0) is 39.0 Å². The number of ether oxygens (including phenoxy) is 2. The van der Waals surface area contributed by atoms with Crippen LogP contribution in [0.4, 0.5) is 9.18 Å². The molecule has 1 unspecified atom stereocenters. The average molecular weight is 376 g/mol. The number of hydrogen-bond acceptors (Lipinski definition) is 5. The summed E-state index contributed by atoms with van der Waals surface area (Å²) in [5.41, 5.74) is -0.742. The van der Waals surface area contributed by atoms with Gasteiger partial charge in [-0.1, -0.05) is 6.07 Å². The third-order valence-corrected chi connectivity index (χ3v) is 4.17. The Bertz CT molecular complexity index is 880. The zero-order valence-corrected chi connectivity index (χ0v) is 15.3. The van der Waals surface area contributed by atoms with Crippen LogP contribution in [0, 0.1) is 5.82 Å². The number of carboxylic acids is 1. The number of fused-ring (bicyclic) bond motifs is 1. The third kappa shape index (κ3) is 4.10. The number of halogens is 1. The zero-order chi connectivity index (χ0) is 19.8. The molecule has 0 radical (unpaired) electrons. The van der Waals surface area contributed by atoms with Gasteiger partial charge in [-0.2, -0.15) is 0 Å². The van der Waals surface area contributed by atoms with Crippen molar-refractivity contribution in [3.63, 3.8) is 0 Å². The predicted molar refractivity (Wildman–Crippen MR) is 95.1 cm³/mol. The zero-order valence-electron chi connectivity index (χ0n) is 15.3. The molecule has 27 heavy (non-hydrogen) atoms. The molecule has 2 aromatic rings. The van der Waals surface area contributed by atoms with Gasteiger partial charge in [0.05, 0.1) is 6.54 Å². The van der Waals surface area contributed by atoms with E-state index in [-0.39, 0.29) is 18.8 Å². The van der Waals surface area contributed by atoms with Gasteiger partial charge < -0.3 is 14.6 Å². The minimum Gasteiger partial charge on any atom is -0.480 e. The van der Waals surface area contributed by atoms with Crippen molar-refractivity contribution in [3.05, 3.63) is 36.3 Å². The molecule has 1 saturated heterocycles. The van der Waals surface area contributed by atoms with Crippen molar-refractivity contribution < 1.29 is 28.6 Å². The fourth-order valence-electron chi connectivity index (χ4n) is 3.03. The first-order valence-corrected chi connectivity index (χ1v) is 8.58. The summed E-state index contributed by atoms with van der Waals surface area (Å²) in [5.74, 6) is -1.33. The van der Waals surface area contributed by atoms with Gasteiger partial charge in [0.25, 0.3) is 0 Å². The summed E-state index contributed by atoms with van der Waals surface area (Å²) in [5, 5.41) is 10.3. The van der Waals surface area contributed by atoms with Crippen LogP contribution in [0.5, 0.6) is 5.88 Å². The van der Waals surface area contributed by atoms with Gasteiger partial charge >= 0.3 is 12.1 Å². The molecular weight excluding hydrogens is 355 g/mol. The van der Waals surface area contributed by atoms with E-state index in [4.69, 9.17) is 9.47 Å². The maximum atomic E-state index is 13.9. The van der Waals surface area contributed by atoms with Crippen LogP contribution in [0.2, 0.25) is 0 Å². The second-order valence-corrected chi connectivity index (χ2v) is 7.41. The number of carbonyl (C=O) groups excluding carboxylic acids is 1. The molecular formula is C19H21FN2O5. The number of carbonyl (C=O) groups is 2. The van der Waals surface area contributed by atoms with E-state index in [9.17, 15) is 19.1 Å². The Morgan fingerprint density at radius 3 is 2.67 bits per heavy atom. The molecule has 144 valence electrons. The normalized spacial score (nSPS) is 19.9. The summed E-state index contributed by atoms with van der Waals surface area (Å²) in [4.78, 5) is 29.2. The van der Waals surface area contributed by atoms with Gasteiger partial charge in [-0.3, -0.25) is 4.90 Å². The van der Waals surface area contributed by atoms with E-state index < -0.39 is 35.6 Å². The van der Waals surface area contributed by atoms with Crippen molar-refractivity contribution in [2.45, 2.75) is 44.9 Å². The lowest BCUT2D eigenvalue weighted by molar-refractivity contribution is -0.142. The number of hydrogen-bond donors (Lipinski definition) is 1. The summed E-state index contributed by atoms with van der Waals surface area (Å²) >= 11 is 0. The van der Waals surface area contributed by atoms with E-state index in [1.54, 1.807) is 39.0 Å². The lowest BCUT2D eigenvalue weighted by atomic mass is 10.1. The molecule has 3 rings (SSSR count). The summed E-state index contributed by atoms with van der Waals surface area (Å²) in [6, 6.07) is 5.05. The number of benzene rings is 1. The largest absolute Gasteiger partial charge is 0.480 e. The van der Waals surface area contributed by atoms with Crippen LogP contribution >= 0.6 is 0 Å². The van der Waals surface area contributed by atoms with Gasteiger partial charge in [-0.15, -0.1) is 0 Å². The highest BCUT2D eigenvalue weighted by atomic mass is 19.1. The van der Waals surface area contributed by atoms with E-state index in [1.165, 1.54) is 12.3 Å². The molecule has 1 aromatic heterocycles. The fraction of sp³-hybridized carbons (Fsp3) is 0.421. The van der Waals surface area contributed by atoms with Crippen LogP contribution in [0.1, 0.15) is 27.2 Å². The second-order valence-electron chi connectivity index (χ2n) is 7.41. The SMILES string of the molecule is CC(C)(C)OC(=O)N1CC(Oc2nccc3c(F)cccc23)C[C@H]1C(=O)O. The van der Waals surface area contributed by atoms with Gasteiger partial charge in [0, 0.05) is 23.4 Å². The fourth-order valence-corrected chi connectivity index (χ4v) is 3.03. The van der Waals surface area contributed by atoms with Crippen LogP contribution in [-0.2, 0) is 9.53 Å². The number of carboxylic acid groups (broad SMARTS) is 1. The van der Waals surface area contributed by atoms with E-state index in [0.29, 0.717) is 10.8 Å². The second kappa shape index (κ2) is 7.02. The molecule has 2 atom stereocenters. The molecule has 8 heteroatoms. The minimum atomic E-state index is -1.14. The number of aromatic nitrogens is 1. The monoisotopic (exact) mass is 376 g/mol. The van der Waals surface area contributed by atoms with Crippen molar-refractivity contribution in [2.75, 3.05) is 6.54 Å². The molecule has 1 fully saturated rings. The number of likely N-dealkylation sites (tertiary alicyclic amines) is 1. The van der Waals surface area contributed by atoms with E-state index in [2.05, 4.69) is 4.98 Å². The van der Waals surface area contributed by atoms with Crippen molar-refractivity contribution >= 4 is 22.8 Å². The minimum absolute atomic E-state index is 0.0409. The maximum absolute atomic E-state index is 13.9. The standard InChI is InChI=1S/C19H21FN2O5/c1-19(2,3)27-18(25)22-10-11(9-15(22)17(23)24)26-16-13-5-4-6-14(20)12(13)7-8-21-16/h4-8,11,15H,9-10H2,1-3H3,(H,23,24)/t11?,15-/m0/s1. The van der Waals surface area contributed by atoms with Crippen molar-refractivity contribution in [2.24, 2.45) is 0 Å². The predicted octanol–water partition coefficient (Wildman–Crippen LogP) is 3.22. The first-order chi connectivity index (χ1) is 12.7. The van der Waals surface area contributed by atoms with Crippen LogP contribution < -0.4 is 4.74 Å².